The monoisotopic (exact) mass is 569 g/mol. The normalized spacial score (nSPS) is 13.5. The van der Waals surface area contributed by atoms with Crippen LogP contribution in [-0.2, 0) is 5.41 Å². The number of pyridine rings is 1. The minimum absolute atomic E-state index is 0.372. The Labute approximate surface area is 262 Å². The molecular formula is C44H27N. The summed E-state index contributed by atoms with van der Waals surface area (Å²) >= 11 is 0. The van der Waals surface area contributed by atoms with Crippen LogP contribution < -0.4 is 0 Å². The fraction of sp³-hybridized carbons (Fsp3) is 0.0227. The fourth-order valence-electron chi connectivity index (χ4n) is 8.46. The molecule has 0 amide bonds. The van der Waals surface area contributed by atoms with E-state index in [1.165, 1.54) is 82.9 Å². The van der Waals surface area contributed by atoms with Crippen molar-refractivity contribution in [3.8, 4) is 44.5 Å². The summed E-state index contributed by atoms with van der Waals surface area (Å²) in [4.78, 5) is 5.03. The van der Waals surface area contributed by atoms with Gasteiger partial charge in [-0.3, -0.25) is 4.98 Å². The van der Waals surface area contributed by atoms with Crippen LogP contribution in [0.3, 0.4) is 0 Å². The van der Waals surface area contributed by atoms with Crippen LogP contribution in [0, 0.1) is 0 Å². The van der Waals surface area contributed by atoms with E-state index in [2.05, 4.69) is 158 Å². The lowest BCUT2D eigenvalue weighted by Crippen LogP contribution is -2.25. The number of aromatic nitrogens is 1. The molecular weight excluding hydrogens is 542 g/mol. The van der Waals surface area contributed by atoms with Gasteiger partial charge in [0.15, 0.2) is 0 Å². The minimum atomic E-state index is -0.372. The van der Waals surface area contributed by atoms with Crippen molar-refractivity contribution in [1.82, 2.24) is 4.98 Å². The van der Waals surface area contributed by atoms with Crippen molar-refractivity contribution in [2.45, 2.75) is 5.41 Å². The standard InChI is InChI=1S/C44H27N/c1-2-13-28(14-3-1)42-35-19-5-4-18-34(35)41(36-20-12-26-45-43(36)42)29-24-25-33-32-17-8-11-23-39(32)44(40(33)27-29)37-21-9-6-15-30(37)31-16-7-10-22-38(31)44/h1-27H. The smallest absolute Gasteiger partial charge is 0.0792 e. The Kier molecular flexibility index (Phi) is 4.99. The van der Waals surface area contributed by atoms with Crippen LogP contribution >= 0.6 is 0 Å². The lowest BCUT2D eigenvalue weighted by molar-refractivity contribution is 0.794. The summed E-state index contributed by atoms with van der Waals surface area (Å²) in [5, 5.41) is 3.64. The Morgan fingerprint density at radius 2 is 0.867 bits per heavy atom. The third-order valence-electron chi connectivity index (χ3n) is 10.1. The lowest BCUT2D eigenvalue weighted by Gasteiger charge is -2.30. The minimum Gasteiger partial charge on any atom is -0.256 e. The second-order valence-electron chi connectivity index (χ2n) is 12.2. The topological polar surface area (TPSA) is 12.9 Å². The van der Waals surface area contributed by atoms with Gasteiger partial charge in [0.1, 0.15) is 0 Å². The van der Waals surface area contributed by atoms with Crippen molar-refractivity contribution in [2.75, 3.05) is 0 Å². The number of hydrogen-bond acceptors (Lipinski definition) is 1. The van der Waals surface area contributed by atoms with Crippen molar-refractivity contribution in [1.29, 1.82) is 0 Å². The van der Waals surface area contributed by atoms with E-state index < -0.39 is 0 Å². The third kappa shape index (κ3) is 3.15. The maximum absolute atomic E-state index is 5.03. The van der Waals surface area contributed by atoms with Gasteiger partial charge in [0, 0.05) is 17.1 Å². The summed E-state index contributed by atoms with van der Waals surface area (Å²) in [6.45, 7) is 0. The summed E-state index contributed by atoms with van der Waals surface area (Å²) in [5.74, 6) is 0. The zero-order chi connectivity index (χ0) is 29.5. The predicted molar refractivity (Wildman–Crippen MR) is 186 cm³/mol. The van der Waals surface area contributed by atoms with E-state index in [0.29, 0.717) is 0 Å². The van der Waals surface area contributed by atoms with E-state index in [9.17, 15) is 0 Å². The highest BCUT2D eigenvalue weighted by atomic mass is 14.7. The van der Waals surface area contributed by atoms with E-state index >= 15 is 0 Å². The molecule has 0 atom stereocenters. The van der Waals surface area contributed by atoms with Crippen LogP contribution in [0.2, 0.25) is 0 Å². The number of fused-ring (bicyclic) bond motifs is 12. The highest BCUT2D eigenvalue weighted by Gasteiger charge is 2.51. The van der Waals surface area contributed by atoms with E-state index in [1.54, 1.807) is 0 Å². The van der Waals surface area contributed by atoms with Crippen LogP contribution in [0.25, 0.3) is 66.2 Å². The average molecular weight is 570 g/mol. The molecule has 10 rings (SSSR count). The molecule has 8 aromatic rings. The van der Waals surface area contributed by atoms with Gasteiger partial charge in [-0.05, 0) is 84.1 Å². The first-order valence-electron chi connectivity index (χ1n) is 15.6. The first kappa shape index (κ1) is 24.6. The lowest BCUT2D eigenvalue weighted by atomic mass is 9.70. The molecule has 1 nitrogen and oxygen atoms in total. The molecule has 0 saturated heterocycles. The van der Waals surface area contributed by atoms with Gasteiger partial charge in [-0.2, -0.15) is 0 Å². The summed E-state index contributed by atoms with van der Waals surface area (Å²) in [6.07, 6.45) is 1.92. The van der Waals surface area contributed by atoms with Crippen molar-refractivity contribution < 1.29 is 0 Å². The molecule has 1 spiro atoms. The van der Waals surface area contributed by atoms with E-state index in [0.717, 1.165) is 5.52 Å². The first-order chi connectivity index (χ1) is 22.4. The van der Waals surface area contributed by atoms with Crippen LogP contribution in [0.15, 0.2) is 164 Å². The first-order valence-corrected chi connectivity index (χ1v) is 15.6. The highest BCUT2D eigenvalue weighted by molar-refractivity contribution is 6.20. The van der Waals surface area contributed by atoms with Gasteiger partial charge in [0.25, 0.3) is 0 Å². The van der Waals surface area contributed by atoms with Crippen LogP contribution in [0.1, 0.15) is 22.3 Å². The molecule has 1 heteroatoms. The average Bonchev–Trinajstić information content (AvgIpc) is 3.58. The highest BCUT2D eigenvalue weighted by Crippen LogP contribution is 2.63. The number of benzene rings is 7. The Morgan fingerprint density at radius 3 is 1.51 bits per heavy atom. The second-order valence-corrected chi connectivity index (χ2v) is 12.2. The Hall–Kier alpha value is -5.79. The summed E-state index contributed by atoms with van der Waals surface area (Å²) < 4.78 is 0. The van der Waals surface area contributed by atoms with Crippen molar-refractivity contribution in [3.63, 3.8) is 0 Å². The molecule has 208 valence electrons. The SMILES string of the molecule is c1ccc(-c2c3ccccc3c(-c3ccc4c(c3)C3(c5ccccc5-c5ccccc53)c3ccccc3-4)c3cccnc23)cc1. The fourth-order valence-corrected chi connectivity index (χ4v) is 8.46. The van der Waals surface area contributed by atoms with Gasteiger partial charge in [-0.15, -0.1) is 0 Å². The molecule has 2 aliphatic carbocycles. The molecule has 1 aromatic heterocycles. The van der Waals surface area contributed by atoms with E-state index in [1.807, 2.05) is 6.20 Å². The molecule has 0 bridgehead atoms. The van der Waals surface area contributed by atoms with E-state index in [-0.39, 0.29) is 5.41 Å². The summed E-state index contributed by atoms with van der Waals surface area (Å²) in [5.41, 5.74) is 16.2. The van der Waals surface area contributed by atoms with E-state index in [4.69, 9.17) is 4.98 Å². The Balaban J connectivity index is 1.33. The number of hydrogen-bond donors (Lipinski definition) is 0. The molecule has 0 aliphatic heterocycles. The van der Waals surface area contributed by atoms with Crippen LogP contribution in [-0.4, -0.2) is 4.98 Å². The maximum Gasteiger partial charge on any atom is 0.0792 e. The zero-order valence-corrected chi connectivity index (χ0v) is 24.5. The molecule has 0 unspecified atom stereocenters. The number of nitrogens with zero attached hydrogens (tertiary/aromatic N) is 1. The molecule has 1 heterocycles. The molecule has 2 aliphatic rings. The summed E-state index contributed by atoms with van der Waals surface area (Å²) in [7, 11) is 0. The molecule has 0 saturated carbocycles. The molecule has 0 fully saturated rings. The van der Waals surface area contributed by atoms with Crippen LogP contribution in [0.4, 0.5) is 0 Å². The van der Waals surface area contributed by atoms with Gasteiger partial charge < -0.3 is 0 Å². The molecule has 45 heavy (non-hydrogen) atoms. The molecule has 7 aromatic carbocycles. The molecule has 0 N–H and O–H groups in total. The molecule has 0 radical (unpaired) electrons. The van der Waals surface area contributed by atoms with Gasteiger partial charge in [0.2, 0.25) is 0 Å². The predicted octanol–water partition coefficient (Wildman–Crippen LogP) is 11.1. The van der Waals surface area contributed by atoms with Gasteiger partial charge in [-0.1, -0.05) is 146 Å². The number of rotatable bonds is 2. The van der Waals surface area contributed by atoms with Crippen LogP contribution in [0.5, 0.6) is 0 Å². The van der Waals surface area contributed by atoms with Gasteiger partial charge in [-0.25, -0.2) is 0 Å². The van der Waals surface area contributed by atoms with Crippen molar-refractivity contribution in [3.05, 3.63) is 186 Å². The second kappa shape index (κ2) is 9.11. The van der Waals surface area contributed by atoms with Gasteiger partial charge in [0.05, 0.1) is 10.9 Å². The van der Waals surface area contributed by atoms with Crippen molar-refractivity contribution >= 4 is 21.7 Å². The van der Waals surface area contributed by atoms with Gasteiger partial charge >= 0.3 is 0 Å². The Bertz CT molecular complexity index is 2370. The zero-order valence-electron chi connectivity index (χ0n) is 24.5. The summed E-state index contributed by atoms with van der Waals surface area (Å²) in [6, 6.07) is 58.1. The maximum atomic E-state index is 5.03. The van der Waals surface area contributed by atoms with Crippen molar-refractivity contribution in [2.24, 2.45) is 0 Å². The quantitative estimate of drug-likeness (QED) is 0.189. The largest absolute Gasteiger partial charge is 0.256 e. The third-order valence-corrected chi connectivity index (χ3v) is 10.1. The Morgan fingerprint density at radius 1 is 0.356 bits per heavy atom.